The van der Waals surface area contributed by atoms with E-state index in [0.717, 1.165) is 17.7 Å². The fourth-order valence-corrected chi connectivity index (χ4v) is 1.76. The number of carbonyl (C=O) groups excluding carboxylic acids is 1. The zero-order chi connectivity index (χ0) is 13.7. The SMILES string of the molecule is O=CN(Cc1ccc(C(=O)O)cc1)c1ccccc1. The fraction of sp³-hybridized carbons (Fsp3) is 0.0667. The van der Waals surface area contributed by atoms with E-state index in [2.05, 4.69) is 0 Å². The van der Waals surface area contributed by atoms with Gasteiger partial charge in [-0.25, -0.2) is 4.79 Å². The number of hydrogen-bond donors (Lipinski definition) is 1. The molecule has 1 N–H and O–H groups in total. The van der Waals surface area contributed by atoms with Crippen molar-refractivity contribution < 1.29 is 14.7 Å². The van der Waals surface area contributed by atoms with Crippen LogP contribution in [0, 0.1) is 0 Å². The van der Waals surface area contributed by atoms with Crippen molar-refractivity contribution in [1.29, 1.82) is 0 Å². The molecular formula is C15H13NO3. The Kier molecular flexibility index (Phi) is 3.93. The molecule has 0 aliphatic rings. The van der Waals surface area contributed by atoms with Gasteiger partial charge < -0.3 is 10.0 Å². The molecular weight excluding hydrogens is 242 g/mol. The number of anilines is 1. The standard InChI is InChI=1S/C15H13NO3/c17-11-16(14-4-2-1-3-5-14)10-12-6-8-13(9-7-12)15(18)19/h1-9,11H,10H2,(H,18,19). The quantitative estimate of drug-likeness (QED) is 0.835. The monoisotopic (exact) mass is 255 g/mol. The number of rotatable bonds is 5. The Morgan fingerprint density at radius 3 is 2.21 bits per heavy atom. The summed E-state index contributed by atoms with van der Waals surface area (Å²) in [7, 11) is 0. The van der Waals surface area contributed by atoms with Crippen LogP contribution in [0.3, 0.4) is 0 Å². The predicted octanol–water partition coefficient (Wildman–Crippen LogP) is 2.55. The van der Waals surface area contributed by atoms with E-state index in [-0.39, 0.29) is 5.56 Å². The Balaban J connectivity index is 2.15. The first-order valence-corrected chi connectivity index (χ1v) is 5.80. The lowest BCUT2D eigenvalue weighted by molar-refractivity contribution is -0.107. The van der Waals surface area contributed by atoms with Gasteiger partial charge in [0, 0.05) is 5.69 Å². The maximum atomic E-state index is 11.1. The Morgan fingerprint density at radius 2 is 1.68 bits per heavy atom. The van der Waals surface area contributed by atoms with Gasteiger partial charge in [-0.15, -0.1) is 0 Å². The molecule has 0 heterocycles. The van der Waals surface area contributed by atoms with Crippen LogP contribution in [-0.2, 0) is 11.3 Å². The topological polar surface area (TPSA) is 57.6 Å². The highest BCUT2D eigenvalue weighted by molar-refractivity contribution is 5.87. The van der Waals surface area contributed by atoms with Crippen molar-refractivity contribution in [3.63, 3.8) is 0 Å². The minimum Gasteiger partial charge on any atom is -0.478 e. The van der Waals surface area contributed by atoms with Gasteiger partial charge in [0.2, 0.25) is 6.41 Å². The highest BCUT2D eigenvalue weighted by Gasteiger charge is 2.07. The maximum absolute atomic E-state index is 11.1. The van der Waals surface area contributed by atoms with Gasteiger partial charge in [-0.05, 0) is 29.8 Å². The second-order valence-corrected chi connectivity index (χ2v) is 4.07. The molecule has 2 aromatic rings. The van der Waals surface area contributed by atoms with Crippen molar-refractivity contribution in [2.45, 2.75) is 6.54 Å². The van der Waals surface area contributed by atoms with Gasteiger partial charge in [-0.1, -0.05) is 30.3 Å². The van der Waals surface area contributed by atoms with Crippen LogP contribution in [0.15, 0.2) is 54.6 Å². The highest BCUT2D eigenvalue weighted by Crippen LogP contribution is 2.15. The van der Waals surface area contributed by atoms with E-state index >= 15 is 0 Å². The first kappa shape index (κ1) is 12.8. The molecule has 4 nitrogen and oxygen atoms in total. The van der Waals surface area contributed by atoms with Gasteiger partial charge in [-0.3, -0.25) is 4.79 Å². The molecule has 0 atom stereocenters. The predicted molar refractivity (Wildman–Crippen MR) is 72.1 cm³/mol. The number of carbonyl (C=O) groups is 2. The van der Waals surface area contributed by atoms with E-state index in [4.69, 9.17) is 5.11 Å². The smallest absolute Gasteiger partial charge is 0.335 e. The summed E-state index contributed by atoms with van der Waals surface area (Å²) < 4.78 is 0. The molecule has 1 amide bonds. The number of para-hydroxylation sites is 1. The van der Waals surface area contributed by atoms with Gasteiger partial charge in [0.25, 0.3) is 0 Å². The van der Waals surface area contributed by atoms with E-state index < -0.39 is 5.97 Å². The zero-order valence-electron chi connectivity index (χ0n) is 10.2. The molecule has 0 saturated carbocycles. The second kappa shape index (κ2) is 5.82. The van der Waals surface area contributed by atoms with Crippen LogP contribution in [0.2, 0.25) is 0 Å². The Morgan fingerprint density at radius 1 is 1.05 bits per heavy atom. The summed E-state index contributed by atoms with van der Waals surface area (Å²) in [4.78, 5) is 23.4. The van der Waals surface area contributed by atoms with Gasteiger partial charge in [0.1, 0.15) is 0 Å². The van der Waals surface area contributed by atoms with Crippen LogP contribution in [0.1, 0.15) is 15.9 Å². The van der Waals surface area contributed by atoms with Gasteiger partial charge in [0.15, 0.2) is 0 Å². The molecule has 0 bridgehead atoms. The summed E-state index contributed by atoms with van der Waals surface area (Å²) in [6, 6.07) is 15.8. The summed E-state index contributed by atoms with van der Waals surface area (Å²) in [5.74, 6) is -0.957. The van der Waals surface area contributed by atoms with Crippen LogP contribution >= 0.6 is 0 Å². The van der Waals surface area contributed by atoms with E-state index in [0.29, 0.717) is 6.54 Å². The molecule has 2 aromatic carbocycles. The molecule has 0 saturated heterocycles. The molecule has 4 heteroatoms. The van der Waals surface area contributed by atoms with E-state index in [1.807, 2.05) is 30.3 Å². The van der Waals surface area contributed by atoms with Crippen molar-refractivity contribution in [2.75, 3.05) is 4.90 Å². The molecule has 19 heavy (non-hydrogen) atoms. The van der Waals surface area contributed by atoms with Crippen molar-refractivity contribution in [2.24, 2.45) is 0 Å². The Labute approximate surface area is 110 Å². The molecule has 2 rings (SSSR count). The van der Waals surface area contributed by atoms with Crippen molar-refractivity contribution in [1.82, 2.24) is 0 Å². The minimum absolute atomic E-state index is 0.237. The molecule has 0 fully saturated rings. The number of carboxylic acids is 1. The average Bonchev–Trinajstić information content (AvgIpc) is 2.46. The molecule has 0 aliphatic carbocycles. The zero-order valence-corrected chi connectivity index (χ0v) is 10.2. The minimum atomic E-state index is -0.957. The van der Waals surface area contributed by atoms with Crippen molar-refractivity contribution >= 4 is 18.1 Å². The third-order valence-corrected chi connectivity index (χ3v) is 2.77. The van der Waals surface area contributed by atoms with E-state index in [1.54, 1.807) is 17.0 Å². The molecule has 96 valence electrons. The lowest BCUT2D eigenvalue weighted by Crippen LogP contribution is -2.20. The Bertz CT molecular complexity index is 564. The van der Waals surface area contributed by atoms with Crippen LogP contribution in [0.4, 0.5) is 5.69 Å². The number of amides is 1. The summed E-state index contributed by atoms with van der Waals surface area (Å²) >= 11 is 0. The summed E-state index contributed by atoms with van der Waals surface area (Å²) in [6.07, 6.45) is 0.764. The third kappa shape index (κ3) is 3.19. The van der Waals surface area contributed by atoms with Gasteiger partial charge in [-0.2, -0.15) is 0 Å². The normalized spacial score (nSPS) is 9.89. The first-order chi connectivity index (χ1) is 9.20. The maximum Gasteiger partial charge on any atom is 0.335 e. The van der Waals surface area contributed by atoms with Crippen LogP contribution in [-0.4, -0.2) is 17.5 Å². The van der Waals surface area contributed by atoms with Gasteiger partial charge >= 0.3 is 5.97 Å². The number of carboxylic acid groups (broad SMARTS) is 1. The largest absolute Gasteiger partial charge is 0.478 e. The number of aromatic carboxylic acids is 1. The van der Waals surface area contributed by atoms with Crippen LogP contribution < -0.4 is 4.90 Å². The van der Waals surface area contributed by atoms with Crippen molar-refractivity contribution in [3.8, 4) is 0 Å². The summed E-state index contributed by atoms with van der Waals surface area (Å²) in [5, 5.41) is 8.82. The summed E-state index contributed by atoms with van der Waals surface area (Å²) in [5.41, 5.74) is 1.92. The summed E-state index contributed by atoms with van der Waals surface area (Å²) in [6.45, 7) is 0.410. The molecule has 0 aliphatic heterocycles. The van der Waals surface area contributed by atoms with E-state index in [1.165, 1.54) is 12.1 Å². The first-order valence-electron chi connectivity index (χ1n) is 5.80. The molecule has 0 aromatic heterocycles. The van der Waals surface area contributed by atoms with Gasteiger partial charge in [0.05, 0.1) is 12.1 Å². The lowest BCUT2D eigenvalue weighted by atomic mass is 10.1. The number of nitrogens with zero attached hydrogens (tertiary/aromatic N) is 1. The average molecular weight is 255 g/mol. The molecule has 0 radical (unpaired) electrons. The number of hydrogen-bond acceptors (Lipinski definition) is 2. The lowest BCUT2D eigenvalue weighted by Gasteiger charge is -2.17. The van der Waals surface area contributed by atoms with Crippen LogP contribution in [0.5, 0.6) is 0 Å². The Hall–Kier alpha value is -2.62. The highest BCUT2D eigenvalue weighted by atomic mass is 16.4. The van der Waals surface area contributed by atoms with Crippen LogP contribution in [0.25, 0.3) is 0 Å². The van der Waals surface area contributed by atoms with Crippen molar-refractivity contribution in [3.05, 3.63) is 65.7 Å². The fourth-order valence-electron chi connectivity index (χ4n) is 1.76. The second-order valence-electron chi connectivity index (χ2n) is 4.07. The molecule has 0 unspecified atom stereocenters. The third-order valence-electron chi connectivity index (χ3n) is 2.77. The van der Waals surface area contributed by atoms with E-state index in [9.17, 15) is 9.59 Å². The molecule has 0 spiro atoms. The number of benzene rings is 2.